The SMILES string of the molecule is COc1cccc(CCC2CC(=O)N2)c1. The first-order valence-electron chi connectivity index (χ1n) is 5.20. The van der Waals surface area contributed by atoms with Gasteiger partial charge in [0.15, 0.2) is 0 Å². The molecule has 0 spiro atoms. The van der Waals surface area contributed by atoms with Crippen molar-refractivity contribution in [3.8, 4) is 5.75 Å². The number of amides is 1. The summed E-state index contributed by atoms with van der Waals surface area (Å²) in [5.74, 6) is 1.07. The highest BCUT2D eigenvalue weighted by Gasteiger charge is 2.24. The van der Waals surface area contributed by atoms with Gasteiger partial charge in [-0.15, -0.1) is 0 Å². The molecule has 3 nitrogen and oxygen atoms in total. The van der Waals surface area contributed by atoms with E-state index < -0.39 is 0 Å². The second-order valence-electron chi connectivity index (χ2n) is 3.86. The number of nitrogens with one attached hydrogen (secondary N) is 1. The molecular weight excluding hydrogens is 190 g/mol. The minimum atomic E-state index is 0.172. The topological polar surface area (TPSA) is 38.3 Å². The average molecular weight is 205 g/mol. The highest BCUT2D eigenvalue weighted by molar-refractivity contribution is 5.82. The normalized spacial score (nSPS) is 19.3. The van der Waals surface area contributed by atoms with Crippen LogP contribution >= 0.6 is 0 Å². The summed E-state index contributed by atoms with van der Waals surface area (Å²) in [5, 5.41) is 2.87. The molecule has 1 amide bonds. The van der Waals surface area contributed by atoms with Crippen LogP contribution in [0.3, 0.4) is 0 Å². The van der Waals surface area contributed by atoms with Gasteiger partial charge < -0.3 is 10.1 Å². The minimum absolute atomic E-state index is 0.172. The maximum absolute atomic E-state index is 10.7. The van der Waals surface area contributed by atoms with Crippen molar-refractivity contribution in [2.75, 3.05) is 7.11 Å². The zero-order valence-electron chi connectivity index (χ0n) is 8.82. The molecule has 0 aromatic heterocycles. The fourth-order valence-electron chi connectivity index (χ4n) is 1.77. The van der Waals surface area contributed by atoms with E-state index in [0.29, 0.717) is 12.5 Å². The van der Waals surface area contributed by atoms with Crippen molar-refractivity contribution >= 4 is 5.91 Å². The van der Waals surface area contributed by atoms with E-state index in [9.17, 15) is 4.79 Å². The first-order chi connectivity index (χ1) is 7.28. The van der Waals surface area contributed by atoms with Crippen LogP contribution in [0.15, 0.2) is 24.3 Å². The van der Waals surface area contributed by atoms with Gasteiger partial charge in [0, 0.05) is 12.5 Å². The smallest absolute Gasteiger partial charge is 0.222 e. The van der Waals surface area contributed by atoms with Crippen molar-refractivity contribution < 1.29 is 9.53 Å². The van der Waals surface area contributed by atoms with Crippen LogP contribution in [0.2, 0.25) is 0 Å². The molecule has 1 unspecified atom stereocenters. The van der Waals surface area contributed by atoms with Gasteiger partial charge >= 0.3 is 0 Å². The van der Waals surface area contributed by atoms with Gasteiger partial charge in [0.05, 0.1) is 7.11 Å². The van der Waals surface area contributed by atoms with Crippen molar-refractivity contribution in [2.45, 2.75) is 25.3 Å². The molecule has 1 saturated heterocycles. The number of carbonyl (C=O) groups is 1. The number of β-lactam (4-membered cyclic amide) rings is 1. The van der Waals surface area contributed by atoms with E-state index in [0.717, 1.165) is 18.6 Å². The van der Waals surface area contributed by atoms with Gasteiger partial charge in [-0.05, 0) is 30.5 Å². The van der Waals surface area contributed by atoms with E-state index in [2.05, 4.69) is 11.4 Å². The molecule has 3 heteroatoms. The molecule has 80 valence electrons. The second kappa shape index (κ2) is 4.34. The molecule has 15 heavy (non-hydrogen) atoms. The Morgan fingerprint density at radius 2 is 2.33 bits per heavy atom. The van der Waals surface area contributed by atoms with Crippen LogP contribution in [-0.4, -0.2) is 19.1 Å². The summed E-state index contributed by atoms with van der Waals surface area (Å²) in [5.41, 5.74) is 1.26. The predicted molar refractivity (Wildman–Crippen MR) is 57.9 cm³/mol. The number of aryl methyl sites for hydroxylation is 1. The third kappa shape index (κ3) is 2.49. The first kappa shape index (κ1) is 10.0. The molecule has 2 rings (SSSR count). The number of rotatable bonds is 4. The monoisotopic (exact) mass is 205 g/mol. The summed E-state index contributed by atoms with van der Waals surface area (Å²) in [6, 6.07) is 8.44. The Morgan fingerprint density at radius 3 is 3.00 bits per heavy atom. The molecule has 1 aliphatic heterocycles. The number of benzene rings is 1. The van der Waals surface area contributed by atoms with E-state index >= 15 is 0 Å². The zero-order chi connectivity index (χ0) is 10.7. The molecule has 1 atom stereocenters. The molecule has 1 aromatic rings. The lowest BCUT2D eigenvalue weighted by Crippen LogP contribution is -2.48. The van der Waals surface area contributed by atoms with Gasteiger partial charge in [-0.3, -0.25) is 4.79 Å². The van der Waals surface area contributed by atoms with Crippen LogP contribution in [0, 0.1) is 0 Å². The summed E-state index contributed by atoms with van der Waals surface area (Å²) in [4.78, 5) is 10.7. The zero-order valence-corrected chi connectivity index (χ0v) is 8.82. The first-order valence-corrected chi connectivity index (χ1v) is 5.20. The highest BCUT2D eigenvalue weighted by atomic mass is 16.5. The van der Waals surface area contributed by atoms with Crippen molar-refractivity contribution in [1.82, 2.24) is 5.32 Å². The van der Waals surface area contributed by atoms with Gasteiger partial charge in [-0.2, -0.15) is 0 Å². The largest absolute Gasteiger partial charge is 0.497 e. The van der Waals surface area contributed by atoms with E-state index in [1.54, 1.807) is 7.11 Å². The van der Waals surface area contributed by atoms with E-state index in [1.807, 2.05) is 18.2 Å². The third-order valence-corrected chi connectivity index (χ3v) is 2.71. The van der Waals surface area contributed by atoms with Crippen LogP contribution in [0.25, 0.3) is 0 Å². The van der Waals surface area contributed by atoms with Gasteiger partial charge in [0.25, 0.3) is 0 Å². The van der Waals surface area contributed by atoms with Crippen molar-refractivity contribution in [2.24, 2.45) is 0 Å². The molecule has 1 heterocycles. The number of hydrogen-bond acceptors (Lipinski definition) is 2. The lowest BCUT2D eigenvalue weighted by atomic mass is 9.98. The fourth-order valence-corrected chi connectivity index (χ4v) is 1.77. The summed E-state index contributed by atoms with van der Waals surface area (Å²) in [6.07, 6.45) is 2.69. The van der Waals surface area contributed by atoms with E-state index in [-0.39, 0.29) is 5.91 Å². The van der Waals surface area contributed by atoms with Crippen LogP contribution in [0.5, 0.6) is 5.75 Å². The molecule has 0 bridgehead atoms. The van der Waals surface area contributed by atoms with Gasteiger partial charge in [0.1, 0.15) is 5.75 Å². The van der Waals surface area contributed by atoms with E-state index in [1.165, 1.54) is 5.56 Å². The van der Waals surface area contributed by atoms with Gasteiger partial charge in [-0.25, -0.2) is 0 Å². The molecule has 1 aromatic carbocycles. The summed E-state index contributed by atoms with van der Waals surface area (Å²) < 4.78 is 5.15. The Bertz CT molecular complexity index is 354. The standard InChI is InChI=1S/C12H15NO2/c1-15-11-4-2-3-9(7-11)5-6-10-8-12(14)13-10/h2-4,7,10H,5-6,8H2,1H3,(H,13,14). The Hall–Kier alpha value is -1.51. The van der Waals surface area contributed by atoms with Crippen molar-refractivity contribution in [3.05, 3.63) is 29.8 Å². The van der Waals surface area contributed by atoms with Crippen LogP contribution < -0.4 is 10.1 Å². The molecular formula is C12H15NO2. The molecule has 0 saturated carbocycles. The Labute approximate surface area is 89.4 Å². The maximum Gasteiger partial charge on any atom is 0.222 e. The quantitative estimate of drug-likeness (QED) is 0.757. The number of carbonyl (C=O) groups excluding carboxylic acids is 1. The lowest BCUT2D eigenvalue weighted by Gasteiger charge is -2.26. The van der Waals surface area contributed by atoms with Gasteiger partial charge in [-0.1, -0.05) is 12.1 Å². The van der Waals surface area contributed by atoms with Crippen molar-refractivity contribution in [1.29, 1.82) is 0 Å². The second-order valence-corrected chi connectivity index (χ2v) is 3.86. The summed E-state index contributed by atoms with van der Waals surface area (Å²) >= 11 is 0. The molecule has 0 aliphatic carbocycles. The number of methoxy groups -OCH3 is 1. The predicted octanol–water partition coefficient (Wildman–Crippen LogP) is 1.52. The molecule has 1 aliphatic rings. The molecule has 1 fully saturated rings. The number of hydrogen-bond donors (Lipinski definition) is 1. The maximum atomic E-state index is 10.7. The number of ether oxygens (including phenoxy) is 1. The Kier molecular flexibility index (Phi) is 2.90. The van der Waals surface area contributed by atoms with Crippen LogP contribution in [0.1, 0.15) is 18.4 Å². The van der Waals surface area contributed by atoms with Crippen LogP contribution in [0.4, 0.5) is 0 Å². The molecule has 1 N–H and O–H groups in total. The summed E-state index contributed by atoms with van der Waals surface area (Å²) in [6.45, 7) is 0. The molecule has 0 radical (unpaired) electrons. The fraction of sp³-hybridized carbons (Fsp3) is 0.417. The average Bonchev–Trinajstić information content (AvgIpc) is 2.23. The Morgan fingerprint density at radius 1 is 1.53 bits per heavy atom. The highest BCUT2D eigenvalue weighted by Crippen LogP contribution is 2.17. The van der Waals surface area contributed by atoms with E-state index in [4.69, 9.17) is 4.74 Å². The summed E-state index contributed by atoms with van der Waals surface area (Å²) in [7, 11) is 1.67. The Balaban J connectivity index is 1.85. The lowest BCUT2D eigenvalue weighted by molar-refractivity contribution is -0.128. The van der Waals surface area contributed by atoms with Crippen LogP contribution in [-0.2, 0) is 11.2 Å². The van der Waals surface area contributed by atoms with Crippen molar-refractivity contribution in [3.63, 3.8) is 0 Å². The minimum Gasteiger partial charge on any atom is -0.497 e. The van der Waals surface area contributed by atoms with Gasteiger partial charge in [0.2, 0.25) is 5.91 Å². The third-order valence-electron chi connectivity index (χ3n) is 2.71.